The van der Waals surface area contributed by atoms with E-state index in [-0.39, 0.29) is 36.1 Å². The Kier molecular flexibility index (Phi) is 7.10. The number of nitrogens with zero attached hydrogens (tertiary/aromatic N) is 1. The number of aryl methyl sites for hydroxylation is 1. The number of benzene rings is 1. The van der Waals surface area contributed by atoms with Crippen molar-refractivity contribution in [2.45, 2.75) is 50.8 Å². The number of phenols is 1. The van der Waals surface area contributed by atoms with Gasteiger partial charge in [-0.2, -0.15) is 0 Å². The molecule has 0 heterocycles. The second-order valence-electron chi connectivity index (χ2n) is 10.2. The zero-order valence-electron chi connectivity index (χ0n) is 21.2. The number of carbonyl (C=O) groups excluding carboxylic acids is 3. The van der Waals surface area contributed by atoms with Crippen molar-refractivity contribution in [3.63, 3.8) is 0 Å². The Labute approximate surface area is 217 Å². The monoisotopic (exact) mass is 535 g/mol. The van der Waals surface area contributed by atoms with Crippen molar-refractivity contribution in [1.82, 2.24) is 10.2 Å². The zero-order valence-corrected chi connectivity index (χ0v) is 21.2. The molecule has 206 valence electrons. The summed E-state index contributed by atoms with van der Waals surface area (Å²) < 4.78 is 25.2. The van der Waals surface area contributed by atoms with Gasteiger partial charge in [0.15, 0.2) is 11.4 Å². The highest BCUT2D eigenvalue weighted by Crippen LogP contribution is 2.53. The number of halogens is 2. The van der Waals surface area contributed by atoms with E-state index in [1.54, 1.807) is 6.07 Å². The molecule has 4 rings (SSSR count). The van der Waals surface area contributed by atoms with E-state index in [2.05, 4.69) is 5.32 Å². The fourth-order valence-corrected chi connectivity index (χ4v) is 6.22. The fraction of sp³-hybridized carbons (Fsp3) is 0.500. The lowest BCUT2D eigenvalue weighted by Crippen LogP contribution is -2.65. The van der Waals surface area contributed by atoms with Crippen LogP contribution in [-0.4, -0.2) is 81.5 Å². The summed E-state index contributed by atoms with van der Waals surface area (Å²) in [5, 5.41) is 47.4. The van der Waals surface area contributed by atoms with E-state index in [9.17, 15) is 43.6 Å². The third-order valence-electron chi connectivity index (χ3n) is 7.89. The van der Waals surface area contributed by atoms with Crippen molar-refractivity contribution in [3.8, 4) is 5.75 Å². The van der Waals surface area contributed by atoms with Crippen molar-refractivity contribution in [3.05, 3.63) is 45.2 Å². The Morgan fingerprint density at radius 2 is 1.89 bits per heavy atom. The van der Waals surface area contributed by atoms with Crippen molar-refractivity contribution < 1.29 is 43.6 Å². The quantitative estimate of drug-likeness (QED) is 0.277. The Bertz CT molecular complexity index is 1290. The fourth-order valence-electron chi connectivity index (χ4n) is 6.22. The number of likely N-dealkylation sites (N-methyl/N-ethyl adjacent to an activating group) is 1. The number of nitrogens with two attached hydrogens (primary N) is 1. The maximum Gasteiger partial charge on any atom is 0.255 e. The van der Waals surface area contributed by atoms with Crippen LogP contribution in [0, 0.1) is 11.8 Å². The van der Waals surface area contributed by atoms with Crippen LogP contribution in [0.1, 0.15) is 35.6 Å². The highest BCUT2D eigenvalue weighted by Gasteiger charge is 2.64. The van der Waals surface area contributed by atoms with E-state index in [1.165, 1.54) is 19.0 Å². The summed E-state index contributed by atoms with van der Waals surface area (Å²) in [7, 11) is 3.06. The van der Waals surface area contributed by atoms with Crippen LogP contribution < -0.4 is 11.1 Å². The van der Waals surface area contributed by atoms with Crippen LogP contribution in [0.5, 0.6) is 5.75 Å². The normalized spacial score (nSPS) is 27.1. The summed E-state index contributed by atoms with van der Waals surface area (Å²) >= 11 is 0. The molecular weight excluding hydrogens is 504 g/mol. The van der Waals surface area contributed by atoms with Crippen molar-refractivity contribution in [2.75, 3.05) is 20.6 Å². The maximum absolute atomic E-state index is 13.9. The lowest BCUT2D eigenvalue weighted by molar-refractivity contribution is -0.153. The summed E-state index contributed by atoms with van der Waals surface area (Å²) in [6.45, 7) is 1.11. The molecule has 1 aromatic rings. The molecule has 1 amide bonds. The van der Waals surface area contributed by atoms with Crippen LogP contribution in [-0.2, 0) is 33.8 Å². The molecule has 0 aliphatic heterocycles. The Morgan fingerprint density at radius 3 is 2.45 bits per heavy atom. The third-order valence-corrected chi connectivity index (χ3v) is 7.89. The van der Waals surface area contributed by atoms with Crippen LogP contribution >= 0.6 is 0 Å². The van der Waals surface area contributed by atoms with Gasteiger partial charge < -0.3 is 31.5 Å². The minimum atomic E-state index is -2.72. The number of nitrogens with one attached hydrogen (secondary N) is 1. The van der Waals surface area contributed by atoms with Crippen molar-refractivity contribution in [1.29, 1.82) is 0 Å². The number of primary amides is 1. The molecule has 0 radical (unpaired) electrons. The number of Topliss-reactive ketones (excluding diaryl/α,β-unsaturated/α-hetero) is 2. The van der Waals surface area contributed by atoms with E-state index in [4.69, 9.17) is 5.73 Å². The molecule has 0 bridgehead atoms. The second-order valence-corrected chi connectivity index (χ2v) is 10.2. The number of amides is 1. The molecular formula is C26H31F2N3O7. The minimum Gasteiger partial charge on any atom is -0.508 e. The lowest BCUT2D eigenvalue weighted by Gasteiger charge is -2.50. The lowest BCUT2D eigenvalue weighted by atomic mass is 9.57. The SMILES string of the molecule is CCc1cc(CNCC(F)F)c(O)c2c1C[C@H]1C[C@H]3[C@H](N(C)C)C(=O)C(C(N)=O)=C(O)[C@@]3(O)C(=O)C1=C2O. The molecule has 0 unspecified atom stereocenters. The largest absolute Gasteiger partial charge is 0.508 e. The molecule has 0 saturated heterocycles. The molecule has 12 heteroatoms. The molecule has 0 spiro atoms. The molecule has 3 aliphatic carbocycles. The molecule has 4 atom stereocenters. The first-order chi connectivity index (χ1) is 17.8. The number of aliphatic hydroxyl groups is 3. The van der Waals surface area contributed by atoms with Gasteiger partial charge in [-0.15, -0.1) is 0 Å². The molecule has 10 nitrogen and oxygen atoms in total. The Morgan fingerprint density at radius 1 is 1.24 bits per heavy atom. The number of rotatable bonds is 7. The van der Waals surface area contributed by atoms with Crippen LogP contribution in [0.15, 0.2) is 23.0 Å². The first-order valence-electron chi connectivity index (χ1n) is 12.3. The summed E-state index contributed by atoms with van der Waals surface area (Å²) in [6, 6.07) is 0.501. The number of hydrogen-bond donors (Lipinski definition) is 6. The van der Waals surface area contributed by atoms with Gasteiger partial charge in [0.05, 0.1) is 18.2 Å². The highest BCUT2D eigenvalue weighted by atomic mass is 19.3. The minimum absolute atomic E-state index is 0.00657. The van der Waals surface area contributed by atoms with Gasteiger partial charge in [-0.1, -0.05) is 13.0 Å². The predicted octanol–water partition coefficient (Wildman–Crippen LogP) is 0.881. The van der Waals surface area contributed by atoms with Gasteiger partial charge in [-0.25, -0.2) is 8.78 Å². The number of ketones is 2. The van der Waals surface area contributed by atoms with Gasteiger partial charge >= 0.3 is 0 Å². The molecule has 38 heavy (non-hydrogen) atoms. The van der Waals surface area contributed by atoms with Crippen LogP contribution in [0.3, 0.4) is 0 Å². The molecule has 7 N–H and O–H groups in total. The van der Waals surface area contributed by atoms with Gasteiger partial charge in [0.25, 0.3) is 12.3 Å². The topological polar surface area (TPSA) is 173 Å². The van der Waals surface area contributed by atoms with Crippen LogP contribution in [0.25, 0.3) is 5.76 Å². The average Bonchev–Trinajstić information content (AvgIpc) is 2.82. The zero-order chi connectivity index (χ0) is 28.3. The smallest absolute Gasteiger partial charge is 0.255 e. The standard InChI is InChI=1S/C26H31F2N3O7/c1-4-10-5-12(8-30-9-15(27)28)20(32)17-13(10)6-11-7-14-19(31(2)3)22(34)18(25(29)37)24(36)26(14,38)23(35)16(11)21(17)33/h5,11,14-15,19,30,32-33,36,38H,4,6-9H2,1-3H3,(H2,29,37)/t11-,14-,19-,26-/m0/s1. The van der Waals surface area contributed by atoms with E-state index < -0.39 is 76.8 Å². The van der Waals surface area contributed by atoms with Crippen molar-refractivity contribution in [2.24, 2.45) is 17.6 Å². The van der Waals surface area contributed by atoms with Gasteiger partial charge in [0.2, 0.25) is 5.78 Å². The number of alkyl halides is 2. The van der Waals surface area contributed by atoms with Gasteiger partial charge in [0, 0.05) is 23.6 Å². The Balaban J connectivity index is 1.91. The summed E-state index contributed by atoms with van der Waals surface area (Å²) in [4.78, 5) is 40.5. The number of aromatic hydroxyl groups is 1. The third kappa shape index (κ3) is 3.98. The van der Waals surface area contributed by atoms with Gasteiger partial charge in [-0.05, 0) is 50.4 Å². The van der Waals surface area contributed by atoms with Gasteiger partial charge in [0.1, 0.15) is 22.8 Å². The first-order valence-corrected chi connectivity index (χ1v) is 12.3. The first kappa shape index (κ1) is 27.7. The summed E-state index contributed by atoms with van der Waals surface area (Å²) in [5.74, 6) is -7.21. The van der Waals surface area contributed by atoms with E-state index in [0.717, 1.165) is 5.56 Å². The molecule has 1 saturated carbocycles. The number of hydrogen-bond acceptors (Lipinski definition) is 9. The summed E-state index contributed by atoms with van der Waals surface area (Å²) in [5.41, 5.74) is 2.95. The average molecular weight is 536 g/mol. The number of aliphatic hydroxyl groups excluding tert-OH is 2. The number of phenolic OH excluding ortho intramolecular Hbond substituents is 1. The van der Waals surface area contributed by atoms with Gasteiger partial charge in [-0.3, -0.25) is 19.3 Å². The van der Waals surface area contributed by atoms with Crippen molar-refractivity contribution >= 4 is 23.2 Å². The molecule has 1 aromatic carbocycles. The number of fused-ring (bicyclic) bond motifs is 3. The maximum atomic E-state index is 13.9. The second kappa shape index (κ2) is 9.75. The predicted molar refractivity (Wildman–Crippen MR) is 131 cm³/mol. The molecule has 1 fully saturated rings. The number of carbonyl (C=O) groups is 3. The van der Waals surface area contributed by atoms with E-state index >= 15 is 0 Å². The molecule has 0 aromatic heterocycles. The summed E-state index contributed by atoms with van der Waals surface area (Å²) in [6.07, 6.45) is -1.96. The highest BCUT2D eigenvalue weighted by molar-refractivity contribution is 6.24. The van der Waals surface area contributed by atoms with Crippen LogP contribution in [0.2, 0.25) is 0 Å². The Hall–Kier alpha value is -3.35. The van der Waals surface area contributed by atoms with E-state index in [0.29, 0.717) is 12.0 Å². The molecule has 3 aliphatic rings. The van der Waals surface area contributed by atoms with E-state index in [1.807, 2.05) is 6.92 Å². The van der Waals surface area contributed by atoms with Crippen LogP contribution in [0.4, 0.5) is 8.78 Å².